The van der Waals surface area contributed by atoms with E-state index in [1.165, 1.54) is 11.5 Å². The maximum Gasteiger partial charge on any atom is 0.280 e. The standard InChI is InChI=1S/C12H17N5O5/c1-4(19)9-14-8-10(15-12(13)16-11(8)21)17(9)7-2-5(20)6(3-18)22-7/h4-7,18-20H,2-3H2,1H3,(H3,13,15,16,21)/t4?,5-,6+,7+/m0/s1. The lowest BCUT2D eigenvalue weighted by molar-refractivity contribution is -0.0455. The van der Waals surface area contributed by atoms with Crippen LogP contribution in [0.4, 0.5) is 5.95 Å². The van der Waals surface area contributed by atoms with Gasteiger partial charge < -0.3 is 25.8 Å². The Balaban J connectivity index is 2.19. The van der Waals surface area contributed by atoms with Crippen molar-refractivity contribution >= 4 is 17.1 Å². The van der Waals surface area contributed by atoms with Crippen LogP contribution in [0.2, 0.25) is 0 Å². The number of aliphatic hydroxyl groups excluding tert-OH is 3. The number of hydrogen-bond acceptors (Lipinski definition) is 8. The molecule has 0 amide bonds. The van der Waals surface area contributed by atoms with Crippen LogP contribution in [0.1, 0.15) is 31.5 Å². The molecule has 1 unspecified atom stereocenters. The maximum absolute atomic E-state index is 11.9. The number of hydrogen-bond donors (Lipinski definition) is 5. The van der Waals surface area contributed by atoms with Gasteiger partial charge in [0, 0.05) is 6.42 Å². The normalized spacial score (nSPS) is 26.6. The minimum absolute atomic E-state index is 0.0237. The molecule has 0 saturated carbocycles. The van der Waals surface area contributed by atoms with Gasteiger partial charge in [-0.3, -0.25) is 14.3 Å². The number of imidazole rings is 1. The van der Waals surface area contributed by atoms with Crippen molar-refractivity contribution in [2.24, 2.45) is 0 Å². The van der Waals surface area contributed by atoms with E-state index < -0.39 is 30.1 Å². The zero-order valence-electron chi connectivity index (χ0n) is 11.8. The van der Waals surface area contributed by atoms with Crippen molar-refractivity contribution in [3.63, 3.8) is 0 Å². The molecule has 6 N–H and O–H groups in total. The summed E-state index contributed by atoms with van der Waals surface area (Å²) >= 11 is 0. The number of nitrogens with zero attached hydrogens (tertiary/aromatic N) is 3. The van der Waals surface area contributed by atoms with E-state index in [0.29, 0.717) is 0 Å². The van der Waals surface area contributed by atoms with E-state index in [1.807, 2.05) is 0 Å². The SMILES string of the molecule is CC(O)c1nc2c(=O)[nH]c(N)nc2n1[C@H]1C[C@H](O)[C@@H](CO)O1. The van der Waals surface area contributed by atoms with E-state index in [0.717, 1.165) is 0 Å². The van der Waals surface area contributed by atoms with Gasteiger partial charge in [-0.2, -0.15) is 4.98 Å². The average molecular weight is 311 g/mol. The van der Waals surface area contributed by atoms with Crippen LogP contribution < -0.4 is 11.3 Å². The number of aliphatic hydroxyl groups is 3. The first-order valence-corrected chi connectivity index (χ1v) is 6.82. The first kappa shape index (κ1) is 14.9. The van der Waals surface area contributed by atoms with E-state index in [4.69, 9.17) is 10.5 Å². The number of ether oxygens (including phenoxy) is 1. The number of nitrogens with two attached hydrogens (primary N) is 1. The number of nitrogen functional groups attached to an aromatic ring is 1. The van der Waals surface area contributed by atoms with Gasteiger partial charge in [-0.25, -0.2) is 4.98 Å². The summed E-state index contributed by atoms with van der Waals surface area (Å²) in [5, 5.41) is 28.9. The van der Waals surface area contributed by atoms with Crippen molar-refractivity contribution in [2.75, 3.05) is 12.3 Å². The van der Waals surface area contributed by atoms with Crippen LogP contribution >= 0.6 is 0 Å². The molecule has 2 aromatic rings. The maximum atomic E-state index is 11.9. The third-order valence-corrected chi connectivity index (χ3v) is 3.64. The molecule has 10 nitrogen and oxygen atoms in total. The molecule has 1 aliphatic rings. The molecule has 0 bridgehead atoms. The Morgan fingerprint density at radius 3 is 2.86 bits per heavy atom. The Morgan fingerprint density at radius 2 is 2.27 bits per heavy atom. The first-order valence-electron chi connectivity index (χ1n) is 6.82. The molecule has 22 heavy (non-hydrogen) atoms. The number of rotatable bonds is 3. The zero-order chi connectivity index (χ0) is 16.0. The highest BCUT2D eigenvalue weighted by atomic mass is 16.5. The van der Waals surface area contributed by atoms with Gasteiger partial charge in [0.1, 0.15) is 24.3 Å². The highest BCUT2D eigenvalue weighted by Gasteiger charge is 2.37. The molecule has 0 aliphatic carbocycles. The lowest BCUT2D eigenvalue weighted by Gasteiger charge is -2.17. The van der Waals surface area contributed by atoms with Crippen LogP contribution in [-0.2, 0) is 4.74 Å². The van der Waals surface area contributed by atoms with Gasteiger partial charge in [0.25, 0.3) is 5.56 Å². The molecule has 1 aliphatic heterocycles. The zero-order valence-corrected chi connectivity index (χ0v) is 11.8. The van der Waals surface area contributed by atoms with Crippen LogP contribution in [0.3, 0.4) is 0 Å². The fourth-order valence-corrected chi connectivity index (χ4v) is 2.63. The number of anilines is 1. The summed E-state index contributed by atoms with van der Waals surface area (Å²) in [4.78, 5) is 22.4. The quantitative estimate of drug-likeness (QED) is 0.453. The van der Waals surface area contributed by atoms with Gasteiger partial charge in [-0.1, -0.05) is 0 Å². The van der Waals surface area contributed by atoms with Gasteiger partial charge >= 0.3 is 0 Å². The molecule has 0 radical (unpaired) electrons. The lowest BCUT2D eigenvalue weighted by Crippen LogP contribution is -2.24. The molecule has 0 aromatic carbocycles. The average Bonchev–Trinajstić information content (AvgIpc) is 2.99. The predicted molar refractivity (Wildman–Crippen MR) is 74.8 cm³/mol. The molecule has 3 rings (SSSR count). The minimum atomic E-state index is -0.983. The number of H-pyrrole nitrogens is 1. The van der Waals surface area contributed by atoms with Gasteiger partial charge in [0.2, 0.25) is 5.95 Å². The Labute approximate surface area is 124 Å². The fraction of sp³-hybridized carbons (Fsp3) is 0.583. The molecule has 10 heteroatoms. The summed E-state index contributed by atoms with van der Waals surface area (Å²) in [7, 11) is 0. The second kappa shape index (κ2) is 5.32. The summed E-state index contributed by atoms with van der Waals surface area (Å²) in [6, 6.07) is 0. The van der Waals surface area contributed by atoms with E-state index in [-0.39, 0.29) is 36.0 Å². The van der Waals surface area contributed by atoms with Crippen molar-refractivity contribution in [1.29, 1.82) is 0 Å². The molecule has 1 fully saturated rings. The topological polar surface area (TPSA) is 160 Å². The summed E-state index contributed by atoms with van der Waals surface area (Å²) in [5.74, 6) is 0.0856. The number of nitrogens with one attached hydrogen (secondary N) is 1. The molecule has 3 heterocycles. The van der Waals surface area contributed by atoms with E-state index in [1.54, 1.807) is 0 Å². The number of aromatic amines is 1. The van der Waals surface area contributed by atoms with E-state index >= 15 is 0 Å². The predicted octanol–water partition coefficient (Wildman–Crippen LogP) is -1.60. The monoisotopic (exact) mass is 311 g/mol. The number of fused-ring (bicyclic) bond motifs is 1. The molecule has 120 valence electrons. The lowest BCUT2D eigenvalue weighted by atomic mass is 10.2. The summed E-state index contributed by atoms with van der Waals surface area (Å²) in [6.45, 7) is 1.15. The van der Waals surface area contributed by atoms with E-state index in [2.05, 4.69) is 15.0 Å². The van der Waals surface area contributed by atoms with E-state index in [9.17, 15) is 20.1 Å². The fourth-order valence-electron chi connectivity index (χ4n) is 2.63. The Hall–Kier alpha value is -2.01. The molecule has 2 aromatic heterocycles. The molecule has 1 saturated heterocycles. The Morgan fingerprint density at radius 1 is 1.55 bits per heavy atom. The van der Waals surface area contributed by atoms with Gasteiger partial charge in [0.15, 0.2) is 11.2 Å². The van der Waals surface area contributed by atoms with Gasteiger partial charge in [-0.15, -0.1) is 0 Å². The molecular formula is C12H17N5O5. The highest BCUT2D eigenvalue weighted by Crippen LogP contribution is 2.33. The largest absolute Gasteiger partial charge is 0.394 e. The van der Waals surface area contributed by atoms with Crippen LogP contribution in [0.15, 0.2) is 4.79 Å². The van der Waals surface area contributed by atoms with Crippen LogP contribution in [0, 0.1) is 0 Å². The van der Waals surface area contributed by atoms with Crippen LogP contribution in [0.25, 0.3) is 11.2 Å². The van der Waals surface area contributed by atoms with Gasteiger partial charge in [0.05, 0.1) is 12.7 Å². The second-order valence-electron chi connectivity index (χ2n) is 5.25. The third-order valence-electron chi connectivity index (χ3n) is 3.64. The van der Waals surface area contributed by atoms with Crippen molar-refractivity contribution in [1.82, 2.24) is 19.5 Å². The van der Waals surface area contributed by atoms with Crippen LogP contribution in [-0.4, -0.2) is 53.7 Å². The third kappa shape index (κ3) is 2.25. The van der Waals surface area contributed by atoms with Crippen molar-refractivity contribution in [3.8, 4) is 0 Å². The summed E-state index contributed by atoms with van der Waals surface area (Å²) < 4.78 is 7.00. The minimum Gasteiger partial charge on any atom is -0.394 e. The van der Waals surface area contributed by atoms with Crippen molar-refractivity contribution < 1.29 is 20.1 Å². The molecular weight excluding hydrogens is 294 g/mol. The highest BCUT2D eigenvalue weighted by molar-refractivity contribution is 5.71. The number of aromatic nitrogens is 4. The van der Waals surface area contributed by atoms with Gasteiger partial charge in [-0.05, 0) is 6.92 Å². The first-order chi connectivity index (χ1) is 10.4. The van der Waals surface area contributed by atoms with Crippen LogP contribution in [0.5, 0.6) is 0 Å². The summed E-state index contributed by atoms with van der Waals surface area (Å²) in [6.07, 6.45) is -3.14. The smallest absolute Gasteiger partial charge is 0.280 e. The van der Waals surface area contributed by atoms with Crippen molar-refractivity contribution in [3.05, 3.63) is 16.2 Å². The summed E-state index contributed by atoms with van der Waals surface area (Å²) in [5.41, 5.74) is 5.21. The Kier molecular flexibility index (Phi) is 3.60. The molecule has 0 spiro atoms. The van der Waals surface area contributed by atoms with Crippen molar-refractivity contribution in [2.45, 2.75) is 37.9 Å². The second-order valence-corrected chi connectivity index (χ2v) is 5.25. The Bertz CT molecular complexity index is 754. The molecule has 4 atom stereocenters.